The Kier molecular flexibility index (Phi) is 1.41. The fraction of sp³-hybridized carbons (Fsp3) is 0.600. The van der Waals surface area contributed by atoms with Gasteiger partial charge in [0, 0.05) is 13.1 Å². The van der Waals surface area contributed by atoms with Gasteiger partial charge in [-0.25, -0.2) is 9.59 Å². The number of likely N-dealkylation sites (tertiary alicyclic amines) is 1. The number of nitrogens with zero attached hydrogens (tertiary/aromatic N) is 1. The second-order valence-corrected chi connectivity index (χ2v) is 2.00. The normalized spacial score (nSPS) is 16.8. The first-order valence-electron chi connectivity index (χ1n) is 3.42. The van der Waals surface area contributed by atoms with Crippen LogP contribution in [0.25, 0.3) is 0 Å². The van der Waals surface area contributed by atoms with Crippen LogP contribution < -0.4 is 5.73 Å². The fourth-order valence-electron chi connectivity index (χ4n) is 0.643. The van der Waals surface area contributed by atoms with E-state index in [9.17, 15) is 9.59 Å². The predicted molar refractivity (Wildman–Crippen MR) is 32.3 cm³/mol. The van der Waals surface area contributed by atoms with Crippen molar-refractivity contribution in [3.8, 4) is 0 Å². The summed E-state index contributed by atoms with van der Waals surface area (Å²) in [6.45, 7) is 1.26. The zero-order valence-electron chi connectivity index (χ0n) is 6.29. The Labute approximate surface area is 59.2 Å². The number of nitrogens with two attached hydrogens (primary N) is 1. The molecular weight excluding hydrogens is 136 g/mol. The molecule has 5 nitrogen and oxygen atoms in total. The van der Waals surface area contributed by atoms with Crippen LogP contribution in [0.2, 0.25) is 1.41 Å². The molecule has 0 saturated carbocycles. The van der Waals surface area contributed by atoms with E-state index in [1.165, 1.54) is 10.6 Å². The van der Waals surface area contributed by atoms with Gasteiger partial charge in [-0.2, -0.15) is 0 Å². The number of carbonyl (C=O) groups is 2. The van der Waals surface area contributed by atoms with Gasteiger partial charge in [-0.3, -0.25) is 0 Å². The molecule has 0 aromatic carbocycles. The molecule has 2 amide bonds. The molecule has 1 aliphatic heterocycles. The maximum absolute atomic E-state index is 10.8. The van der Waals surface area contributed by atoms with Crippen LogP contribution >= 0.6 is 0 Å². The van der Waals surface area contributed by atoms with Crippen molar-refractivity contribution in [2.24, 2.45) is 5.73 Å². The molecular formula is C5H8N2O3. The summed E-state index contributed by atoms with van der Waals surface area (Å²) in [7, 11) is 0. The second-order valence-electron chi connectivity index (χ2n) is 2.00. The average molecular weight is 145 g/mol. The molecule has 5 heteroatoms. The summed E-state index contributed by atoms with van der Waals surface area (Å²) in [5.41, 5.74) is 1.44. The molecule has 0 aliphatic carbocycles. The van der Waals surface area contributed by atoms with Gasteiger partial charge in [0.15, 0.2) is 1.41 Å². The fourth-order valence-corrected chi connectivity index (χ4v) is 0.643. The maximum Gasteiger partial charge on any atom is 0.418 e. The van der Waals surface area contributed by atoms with Crippen LogP contribution in [0, 0.1) is 0 Å². The van der Waals surface area contributed by atoms with Gasteiger partial charge in [0.2, 0.25) is 0 Å². The summed E-state index contributed by atoms with van der Waals surface area (Å²) < 4.78 is 10.5. The minimum atomic E-state index is -1.04. The van der Waals surface area contributed by atoms with Crippen LogP contribution in [-0.4, -0.2) is 30.2 Å². The average Bonchev–Trinajstić information content (AvgIpc) is 1.83. The minimum Gasteiger partial charge on any atom is -0.359 e. The maximum atomic E-state index is 10.8. The van der Waals surface area contributed by atoms with Crippen molar-refractivity contribution < 1.29 is 15.7 Å². The highest BCUT2D eigenvalue weighted by Gasteiger charge is 2.22. The van der Waals surface area contributed by atoms with Crippen molar-refractivity contribution >= 4 is 12.2 Å². The van der Waals surface area contributed by atoms with Crippen molar-refractivity contribution in [3.63, 3.8) is 0 Å². The molecule has 1 rings (SSSR count). The van der Waals surface area contributed by atoms with Gasteiger partial charge in [-0.05, 0) is 6.42 Å². The largest absolute Gasteiger partial charge is 0.418 e. The molecule has 2 N–H and O–H groups in total. The van der Waals surface area contributed by atoms with E-state index in [-0.39, 0.29) is 0 Å². The quantitative estimate of drug-likeness (QED) is 0.484. The summed E-state index contributed by atoms with van der Waals surface area (Å²) in [5, 5.41) is 0. The Hall–Kier alpha value is -1.26. The molecule has 0 unspecified atom stereocenters. The van der Waals surface area contributed by atoms with Crippen LogP contribution in [0.15, 0.2) is 0 Å². The van der Waals surface area contributed by atoms with Crippen molar-refractivity contribution in [2.75, 3.05) is 13.1 Å². The number of amides is 2. The van der Waals surface area contributed by atoms with Gasteiger partial charge >= 0.3 is 12.2 Å². The van der Waals surface area contributed by atoms with E-state index in [0.717, 1.165) is 6.42 Å². The molecule has 0 aromatic rings. The van der Waals surface area contributed by atoms with Crippen molar-refractivity contribution in [3.05, 3.63) is 0 Å². The molecule has 0 atom stereocenters. The minimum absolute atomic E-state index is 0.629. The number of carbonyl (C=O) groups excluding carboxylic acids is 2. The van der Waals surface area contributed by atoms with Crippen LogP contribution in [0.5, 0.6) is 0 Å². The Morgan fingerprint density at radius 3 is 2.70 bits per heavy atom. The molecule has 1 heterocycles. The molecule has 0 aromatic heterocycles. The van der Waals surface area contributed by atoms with E-state index in [2.05, 4.69) is 4.74 Å². The SMILES string of the molecule is [2H]NC(=O)OC(=O)N1CCC1. The van der Waals surface area contributed by atoms with Crippen molar-refractivity contribution in [1.82, 2.24) is 4.90 Å². The van der Waals surface area contributed by atoms with E-state index in [1.54, 1.807) is 0 Å². The lowest BCUT2D eigenvalue weighted by Crippen LogP contribution is -2.43. The Balaban J connectivity index is 2.25. The third-order valence-corrected chi connectivity index (χ3v) is 1.29. The van der Waals surface area contributed by atoms with E-state index in [1.807, 2.05) is 0 Å². The number of rotatable bonds is 0. The number of hydrogen-bond acceptors (Lipinski definition) is 3. The number of hydrogen-bond donors (Lipinski definition) is 1. The van der Waals surface area contributed by atoms with Gasteiger partial charge in [-0.1, -0.05) is 0 Å². The zero-order valence-corrected chi connectivity index (χ0v) is 5.29. The lowest BCUT2D eigenvalue weighted by Gasteiger charge is -2.28. The molecule has 10 heavy (non-hydrogen) atoms. The third kappa shape index (κ3) is 1.37. The standard InChI is InChI=1S/C5H8N2O3/c6-4(8)10-5(9)7-2-1-3-7/h1-3H2,(H2,6,8)/i/hD. The zero-order chi connectivity index (χ0) is 8.27. The topological polar surface area (TPSA) is 72.6 Å². The van der Waals surface area contributed by atoms with Crippen LogP contribution in [0.3, 0.4) is 0 Å². The Morgan fingerprint density at radius 2 is 2.30 bits per heavy atom. The summed E-state index contributed by atoms with van der Waals surface area (Å²) in [4.78, 5) is 22.4. The highest BCUT2D eigenvalue weighted by molar-refractivity contribution is 5.82. The van der Waals surface area contributed by atoms with Crippen molar-refractivity contribution in [1.29, 1.82) is 0 Å². The van der Waals surface area contributed by atoms with Gasteiger partial charge in [0.25, 0.3) is 0 Å². The summed E-state index contributed by atoms with van der Waals surface area (Å²) in [6.07, 6.45) is -0.777. The summed E-state index contributed by atoms with van der Waals surface area (Å²) >= 11 is 0. The van der Waals surface area contributed by atoms with Gasteiger partial charge < -0.3 is 15.4 Å². The molecule has 56 valence electrons. The smallest absolute Gasteiger partial charge is 0.359 e. The van der Waals surface area contributed by atoms with Crippen LogP contribution in [-0.2, 0) is 4.74 Å². The van der Waals surface area contributed by atoms with Crippen molar-refractivity contribution in [2.45, 2.75) is 6.42 Å². The number of primary amides is 1. The van der Waals surface area contributed by atoms with E-state index in [4.69, 9.17) is 1.41 Å². The van der Waals surface area contributed by atoms with E-state index in [0.29, 0.717) is 13.1 Å². The first-order valence-corrected chi connectivity index (χ1v) is 2.92. The number of ether oxygens (including phenoxy) is 1. The lowest BCUT2D eigenvalue weighted by molar-refractivity contribution is 0.101. The summed E-state index contributed by atoms with van der Waals surface area (Å²) in [6, 6.07) is 0. The summed E-state index contributed by atoms with van der Waals surface area (Å²) in [5.74, 6) is 0. The highest BCUT2D eigenvalue weighted by atomic mass is 16.6. The molecule has 0 bridgehead atoms. The first-order chi connectivity index (χ1) is 5.24. The second kappa shape index (κ2) is 2.55. The highest BCUT2D eigenvalue weighted by Crippen LogP contribution is 2.06. The van der Waals surface area contributed by atoms with Gasteiger partial charge in [0.1, 0.15) is 0 Å². The Morgan fingerprint density at radius 1 is 1.60 bits per heavy atom. The molecule has 1 fully saturated rings. The third-order valence-electron chi connectivity index (χ3n) is 1.29. The molecule has 0 spiro atoms. The van der Waals surface area contributed by atoms with Gasteiger partial charge in [-0.15, -0.1) is 0 Å². The molecule has 1 aliphatic rings. The lowest BCUT2D eigenvalue weighted by atomic mass is 10.2. The van der Waals surface area contributed by atoms with Gasteiger partial charge in [0.05, 0.1) is 0 Å². The monoisotopic (exact) mass is 145 g/mol. The first kappa shape index (κ1) is 5.52. The predicted octanol–water partition coefficient (Wildman–Crippen LogP) is -0.0926. The van der Waals surface area contributed by atoms with E-state index < -0.39 is 12.2 Å². The molecule has 1 saturated heterocycles. The van der Waals surface area contributed by atoms with Crippen LogP contribution in [0.1, 0.15) is 6.42 Å². The van der Waals surface area contributed by atoms with E-state index >= 15 is 0 Å². The Bertz CT molecular complexity index is 181. The molecule has 0 radical (unpaired) electrons. The van der Waals surface area contributed by atoms with Crippen LogP contribution in [0.4, 0.5) is 9.59 Å².